The Morgan fingerprint density at radius 3 is 2.52 bits per heavy atom. The summed E-state index contributed by atoms with van der Waals surface area (Å²) < 4.78 is 0. The fraction of sp³-hybridized carbons (Fsp3) is 0.588. The van der Waals surface area contributed by atoms with Crippen LogP contribution in [0, 0.1) is 0 Å². The van der Waals surface area contributed by atoms with Gasteiger partial charge in [0.2, 0.25) is 5.91 Å². The van der Waals surface area contributed by atoms with Gasteiger partial charge in [-0.05, 0) is 51.8 Å². The number of hydrogen-bond acceptors (Lipinski definition) is 3. The van der Waals surface area contributed by atoms with Crippen molar-refractivity contribution in [1.29, 1.82) is 0 Å². The molecule has 21 heavy (non-hydrogen) atoms. The van der Waals surface area contributed by atoms with Crippen molar-refractivity contribution in [2.24, 2.45) is 0 Å². The highest BCUT2D eigenvalue weighted by Crippen LogP contribution is 2.28. The SMILES string of the molecule is CCNC(C)(C)C(=O)Nc1ccccc1N1CCCCC1. The standard InChI is InChI=1S/C17H27N3O/c1-4-18-17(2,3)16(21)19-14-10-6-7-11-15(14)20-12-8-5-9-13-20/h6-7,10-11,18H,4-5,8-9,12-13H2,1-3H3,(H,19,21). The van der Waals surface area contributed by atoms with Crippen LogP contribution in [0.25, 0.3) is 0 Å². The molecule has 0 spiro atoms. The summed E-state index contributed by atoms with van der Waals surface area (Å²) in [7, 11) is 0. The molecular formula is C17H27N3O. The summed E-state index contributed by atoms with van der Waals surface area (Å²) in [5.41, 5.74) is 1.48. The first-order chi connectivity index (χ1) is 10.0. The first-order valence-corrected chi connectivity index (χ1v) is 7.95. The Morgan fingerprint density at radius 1 is 1.19 bits per heavy atom. The monoisotopic (exact) mass is 289 g/mol. The quantitative estimate of drug-likeness (QED) is 0.876. The number of carbonyl (C=O) groups is 1. The molecule has 0 radical (unpaired) electrons. The summed E-state index contributed by atoms with van der Waals surface area (Å²) in [5.74, 6) is 0.00816. The summed E-state index contributed by atoms with van der Waals surface area (Å²) in [4.78, 5) is 14.8. The Balaban J connectivity index is 2.14. The smallest absolute Gasteiger partial charge is 0.244 e. The summed E-state index contributed by atoms with van der Waals surface area (Å²) in [6.45, 7) is 8.75. The highest BCUT2D eigenvalue weighted by Gasteiger charge is 2.27. The lowest BCUT2D eigenvalue weighted by Crippen LogP contribution is -2.49. The average molecular weight is 289 g/mol. The van der Waals surface area contributed by atoms with Crippen LogP contribution in [0.1, 0.15) is 40.0 Å². The van der Waals surface area contributed by atoms with Crippen LogP contribution < -0.4 is 15.5 Å². The number of carbonyl (C=O) groups excluding carboxylic acids is 1. The molecular weight excluding hydrogens is 262 g/mol. The van der Waals surface area contributed by atoms with Gasteiger partial charge in [-0.2, -0.15) is 0 Å². The van der Waals surface area contributed by atoms with E-state index in [1.165, 1.54) is 19.3 Å². The molecule has 116 valence electrons. The van der Waals surface area contributed by atoms with Crippen molar-refractivity contribution in [2.75, 3.05) is 29.9 Å². The Kier molecular flexibility index (Phi) is 5.23. The van der Waals surface area contributed by atoms with Crippen LogP contribution in [0.15, 0.2) is 24.3 Å². The molecule has 0 bridgehead atoms. The minimum absolute atomic E-state index is 0.00816. The molecule has 4 heteroatoms. The maximum Gasteiger partial charge on any atom is 0.244 e. The number of likely N-dealkylation sites (N-methyl/N-ethyl adjacent to an activating group) is 1. The molecule has 1 aliphatic rings. The van der Waals surface area contributed by atoms with Gasteiger partial charge in [0.25, 0.3) is 0 Å². The summed E-state index contributed by atoms with van der Waals surface area (Å²) >= 11 is 0. The van der Waals surface area contributed by atoms with Gasteiger partial charge < -0.3 is 15.5 Å². The molecule has 1 fully saturated rings. The van der Waals surface area contributed by atoms with E-state index < -0.39 is 5.54 Å². The van der Waals surface area contributed by atoms with Crippen LogP contribution in [-0.2, 0) is 4.79 Å². The predicted molar refractivity (Wildman–Crippen MR) is 88.9 cm³/mol. The van der Waals surface area contributed by atoms with Gasteiger partial charge in [-0.1, -0.05) is 19.1 Å². The van der Waals surface area contributed by atoms with Gasteiger partial charge in [-0.15, -0.1) is 0 Å². The second-order valence-corrected chi connectivity index (χ2v) is 6.17. The Hall–Kier alpha value is -1.55. The van der Waals surface area contributed by atoms with Crippen molar-refractivity contribution < 1.29 is 4.79 Å². The van der Waals surface area contributed by atoms with E-state index in [-0.39, 0.29) is 5.91 Å². The summed E-state index contributed by atoms with van der Waals surface area (Å²) in [6, 6.07) is 8.10. The molecule has 4 nitrogen and oxygen atoms in total. The minimum Gasteiger partial charge on any atom is -0.370 e. The molecule has 2 rings (SSSR count). The van der Waals surface area contributed by atoms with Crippen molar-refractivity contribution in [3.63, 3.8) is 0 Å². The van der Waals surface area contributed by atoms with Gasteiger partial charge >= 0.3 is 0 Å². The maximum absolute atomic E-state index is 12.5. The second kappa shape index (κ2) is 6.94. The average Bonchev–Trinajstić information content (AvgIpc) is 2.48. The van der Waals surface area contributed by atoms with Crippen LogP contribution in [0.4, 0.5) is 11.4 Å². The molecule has 0 aromatic heterocycles. The van der Waals surface area contributed by atoms with E-state index in [1.54, 1.807) is 0 Å². The third-order valence-corrected chi connectivity index (χ3v) is 4.04. The maximum atomic E-state index is 12.5. The van der Waals surface area contributed by atoms with Crippen LogP contribution in [-0.4, -0.2) is 31.1 Å². The van der Waals surface area contributed by atoms with E-state index in [4.69, 9.17) is 0 Å². The molecule has 1 heterocycles. The first kappa shape index (κ1) is 15.8. The van der Waals surface area contributed by atoms with Crippen LogP contribution >= 0.6 is 0 Å². The molecule has 1 aromatic rings. The van der Waals surface area contributed by atoms with Gasteiger partial charge in [0, 0.05) is 13.1 Å². The Morgan fingerprint density at radius 2 is 1.86 bits per heavy atom. The van der Waals surface area contributed by atoms with E-state index in [9.17, 15) is 4.79 Å². The largest absolute Gasteiger partial charge is 0.370 e. The van der Waals surface area contributed by atoms with Crippen LogP contribution in [0.2, 0.25) is 0 Å². The lowest BCUT2D eigenvalue weighted by atomic mass is 10.0. The van der Waals surface area contributed by atoms with Gasteiger partial charge in [0.15, 0.2) is 0 Å². The van der Waals surface area contributed by atoms with Crippen molar-refractivity contribution in [1.82, 2.24) is 5.32 Å². The van der Waals surface area contributed by atoms with Crippen molar-refractivity contribution in [2.45, 2.75) is 45.6 Å². The molecule has 1 aliphatic heterocycles. The normalized spacial score (nSPS) is 15.9. The lowest BCUT2D eigenvalue weighted by molar-refractivity contribution is -0.121. The number of benzene rings is 1. The lowest BCUT2D eigenvalue weighted by Gasteiger charge is -2.31. The number of amides is 1. The van der Waals surface area contributed by atoms with Crippen LogP contribution in [0.3, 0.4) is 0 Å². The van der Waals surface area contributed by atoms with E-state index in [1.807, 2.05) is 39.0 Å². The molecule has 0 unspecified atom stereocenters. The minimum atomic E-state index is -0.566. The molecule has 1 aromatic carbocycles. The highest BCUT2D eigenvalue weighted by atomic mass is 16.2. The number of piperidine rings is 1. The van der Waals surface area contributed by atoms with Gasteiger partial charge in [0.1, 0.15) is 0 Å². The van der Waals surface area contributed by atoms with Gasteiger partial charge in [0.05, 0.1) is 16.9 Å². The van der Waals surface area contributed by atoms with Crippen molar-refractivity contribution >= 4 is 17.3 Å². The first-order valence-electron chi connectivity index (χ1n) is 7.95. The molecule has 0 atom stereocenters. The highest BCUT2D eigenvalue weighted by molar-refractivity contribution is 6.00. The molecule has 2 N–H and O–H groups in total. The zero-order chi connectivity index (χ0) is 15.3. The number of nitrogens with one attached hydrogen (secondary N) is 2. The number of para-hydroxylation sites is 2. The number of rotatable bonds is 5. The molecule has 1 amide bonds. The van der Waals surface area contributed by atoms with Gasteiger partial charge in [-0.25, -0.2) is 0 Å². The van der Waals surface area contributed by atoms with E-state index in [2.05, 4.69) is 21.6 Å². The van der Waals surface area contributed by atoms with Crippen molar-refractivity contribution in [3.8, 4) is 0 Å². The topological polar surface area (TPSA) is 44.4 Å². The number of hydrogen-bond donors (Lipinski definition) is 2. The fourth-order valence-corrected chi connectivity index (χ4v) is 2.79. The number of nitrogens with zero attached hydrogens (tertiary/aromatic N) is 1. The van der Waals surface area contributed by atoms with E-state index in [0.717, 1.165) is 31.0 Å². The van der Waals surface area contributed by atoms with Crippen molar-refractivity contribution in [3.05, 3.63) is 24.3 Å². The number of anilines is 2. The third kappa shape index (κ3) is 3.97. The molecule has 1 saturated heterocycles. The van der Waals surface area contributed by atoms with Crippen LogP contribution in [0.5, 0.6) is 0 Å². The predicted octanol–water partition coefficient (Wildman–Crippen LogP) is 3.00. The Bertz CT molecular complexity index is 479. The third-order valence-electron chi connectivity index (χ3n) is 4.04. The molecule has 0 saturated carbocycles. The zero-order valence-electron chi connectivity index (χ0n) is 13.4. The van der Waals surface area contributed by atoms with E-state index >= 15 is 0 Å². The molecule has 0 aliphatic carbocycles. The van der Waals surface area contributed by atoms with E-state index in [0.29, 0.717) is 0 Å². The summed E-state index contributed by atoms with van der Waals surface area (Å²) in [6.07, 6.45) is 3.76. The zero-order valence-corrected chi connectivity index (χ0v) is 13.4. The fourth-order valence-electron chi connectivity index (χ4n) is 2.79. The Labute approximate surface area is 127 Å². The van der Waals surface area contributed by atoms with Gasteiger partial charge in [-0.3, -0.25) is 4.79 Å². The summed E-state index contributed by atoms with van der Waals surface area (Å²) in [5, 5.41) is 6.31. The second-order valence-electron chi connectivity index (χ2n) is 6.17.